The Bertz CT molecular complexity index is 669. The Labute approximate surface area is 126 Å². The molecule has 0 radical (unpaired) electrons. The monoisotopic (exact) mass is 312 g/mol. The van der Waals surface area contributed by atoms with Crippen LogP contribution in [0.15, 0.2) is 12.1 Å². The van der Waals surface area contributed by atoms with Gasteiger partial charge in [-0.25, -0.2) is 9.50 Å². The van der Waals surface area contributed by atoms with Crippen molar-refractivity contribution in [1.29, 1.82) is 0 Å². The van der Waals surface area contributed by atoms with E-state index in [0.29, 0.717) is 11.4 Å². The standard InChI is InChI=1S/C15H19F3N4/c1-9(2)11-7-13(15(16,17)18)22-14(20-11)8-12(21-22)10-3-5-19-6-4-10/h7-10,19H,3-6H2,1-2H3. The lowest BCUT2D eigenvalue weighted by Gasteiger charge is -2.20. The summed E-state index contributed by atoms with van der Waals surface area (Å²) in [5.41, 5.74) is 0.686. The van der Waals surface area contributed by atoms with Crippen LogP contribution in [0.1, 0.15) is 55.6 Å². The van der Waals surface area contributed by atoms with Crippen LogP contribution >= 0.6 is 0 Å². The van der Waals surface area contributed by atoms with E-state index in [1.807, 2.05) is 13.8 Å². The second-order valence-corrected chi connectivity index (χ2v) is 6.08. The Morgan fingerprint density at radius 3 is 2.50 bits per heavy atom. The van der Waals surface area contributed by atoms with Gasteiger partial charge in [-0.2, -0.15) is 18.3 Å². The first-order valence-electron chi connectivity index (χ1n) is 7.55. The van der Waals surface area contributed by atoms with Gasteiger partial charge in [0, 0.05) is 17.7 Å². The van der Waals surface area contributed by atoms with E-state index in [1.54, 1.807) is 6.07 Å². The molecule has 1 N–H and O–H groups in total. The highest BCUT2D eigenvalue weighted by Gasteiger charge is 2.35. The van der Waals surface area contributed by atoms with Gasteiger partial charge in [0.1, 0.15) is 5.69 Å². The maximum atomic E-state index is 13.3. The second kappa shape index (κ2) is 5.53. The first-order valence-corrected chi connectivity index (χ1v) is 7.55. The fraction of sp³-hybridized carbons (Fsp3) is 0.600. The number of nitrogens with one attached hydrogen (secondary N) is 1. The Hall–Kier alpha value is -1.63. The van der Waals surface area contributed by atoms with E-state index in [0.717, 1.165) is 36.5 Å². The van der Waals surface area contributed by atoms with Crippen molar-refractivity contribution in [1.82, 2.24) is 19.9 Å². The number of rotatable bonds is 2. The minimum atomic E-state index is -4.44. The average molecular weight is 312 g/mol. The van der Waals surface area contributed by atoms with Gasteiger partial charge in [-0.15, -0.1) is 0 Å². The molecule has 0 unspecified atom stereocenters. The van der Waals surface area contributed by atoms with Crippen LogP contribution in [-0.4, -0.2) is 27.7 Å². The molecule has 120 valence electrons. The van der Waals surface area contributed by atoms with Crippen LogP contribution in [0.3, 0.4) is 0 Å². The third-order valence-electron chi connectivity index (χ3n) is 4.11. The van der Waals surface area contributed by atoms with E-state index in [9.17, 15) is 13.2 Å². The molecule has 1 aliphatic heterocycles. The predicted octanol–water partition coefficient (Wildman–Crippen LogP) is 3.34. The van der Waals surface area contributed by atoms with Crippen molar-refractivity contribution >= 4 is 5.65 Å². The summed E-state index contributed by atoms with van der Waals surface area (Å²) in [4.78, 5) is 4.35. The molecule has 0 spiro atoms. The summed E-state index contributed by atoms with van der Waals surface area (Å²) in [7, 11) is 0. The Morgan fingerprint density at radius 2 is 1.91 bits per heavy atom. The van der Waals surface area contributed by atoms with Crippen molar-refractivity contribution in [2.45, 2.75) is 44.7 Å². The SMILES string of the molecule is CC(C)c1cc(C(F)(F)F)n2nc(C3CCNCC3)cc2n1. The van der Waals surface area contributed by atoms with Crippen LogP contribution in [-0.2, 0) is 6.18 Å². The average Bonchev–Trinajstić information content (AvgIpc) is 2.89. The molecule has 0 amide bonds. The molecule has 0 saturated carbocycles. The molecule has 0 aromatic carbocycles. The van der Waals surface area contributed by atoms with Crippen molar-refractivity contribution in [2.24, 2.45) is 0 Å². The number of hydrogen-bond donors (Lipinski definition) is 1. The lowest BCUT2D eigenvalue weighted by Crippen LogP contribution is -2.26. The molecule has 2 aromatic rings. The number of piperidine rings is 1. The summed E-state index contributed by atoms with van der Waals surface area (Å²) < 4.78 is 40.9. The quantitative estimate of drug-likeness (QED) is 0.925. The number of fused-ring (bicyclic) bond motifs is 1. The summed E-state index contributed by atoms with van der Waals surface area (Å²) in [6.45, 7) is 5.41. The zero-order chi connectivity index (χ0) is 15.9. The van der Waals surface area contributed by atoms with Crippen LogP contribution < -0.4 is 5.32 Å². The number of aromatic nitrogens is 3. The predicted molar refractivity (Wildman–Crippen MR) is 76.9 cm³/mol. The lowest BCUT2D eigenvalue weighted by atomic mass is 9.95. The molecule has 7 heteroatoms. The first kappa shape index (κ1) is 15.3. The highest BCUT2D eigenvalue weighted by Crippen LogP contribution is 2.33. The third-order valence-corrected chi connectivity index (χ3v) is 4.11. The highest BCUT2D eigenvalue weighted by atomic mass is 19.4. The van der Waals surface area contributed by atoms with E-state index in [1.165, 1.54) is 0 Å². The van der Waals surface area contributed by atoms with Crippen LogP contribution in [0.25, 0.3) is 5.65 Å². The van der Waals surface area contributed by atoms with Gasteiger partial charge >= 0.3 is 6.18 Å². The van der Waals surface area contributed by atoms with Crippen molar-refractivity contribution < 1.29 is 13.2 Å². The van der Waals surface area contributed by atoms with Crippen molar-refractivity contribution in [3.05, 3.63) is 29.2 Å². The van der Waals surface area contributed by atoms with Crippen molar-refractivity contribution in [3.8, 4) is 0 Å². The van der Waals surface area contributed by atoms with Crippen molar-refractivity contribution in [3.63, 3.8) is 0 Å². The van der Waals surface area contributed by atoms with E-state index in [-0.39, 0.29) is 17.5 Å². The minimum Gasteiger partial charge on any atom is -0.317 e. The van der Waals surface area contributed by atoms with Gasteiger partial charge in [0.05, 0.1) is 5.69 Å². The summed E-state index contributed by atoms with van der Waals surface area (Å²) in [6.07, 6.45) is -2.66. The molecule has 1 saturated heterocycles. The molecule has 3 rings (SSSR count). The van der Waals surface area contributed by atoms with Crippen molar-refractivity contribution in [2.75, 3.05) is 13.1 Å². The maximum absolute atomic E-state index is 13.3. The second-order valence-electron chi connectivity index (χ2n) is 6.08. The van der Waals surface area contributed by atoms with Gasteiger partial charge in [0.15, 0.2) is 5.65 Å². The topological polar surface area (TPSA) is 42.2 Å². The molecule has 4 nitrogen and oxygen atoms in total. The maximum Gasteiger partial charge on any atom is 0.433 e. The molecule has 1 aliphatic rings. The highest BCUT2D eigenvalue weighted by molar-refractivity contribution is 5.44. The number of nitrogens with zero attached hydrogens (tertiary/aromatic N) is 3. The molecule has 3 heterocycles. The molecule has 0 aliphatic carbocycles. The fourth-order valence-electron chi connectivity index (χ4n) is 2.83. The molecular weight excluding hydrogens is 293 g/mol. The largest absolute Gasteiger partial charge is 0.433 e. The van der Waals surface area contributed by atoms with E-state index < -0.39 is 11.9 Å². The van der Waals surface area contributed by atoms with E-state index in [4.69, 9.17) is 0 Å². The zero-order valence-corrected chi connectivity index (χ0v) is 12.6. The number of halogens is 3. The molecule has 2 aromatic heterocycles. The van der Waals surface area contributed by atoms with Gasteiger partial charge in [-0.3, -0.25) is 0 Å². The van der Waals surface area contributed by atoms with Crippen LogP contribution in [0.2, 0.25) is 0 Å². The van der Waals surface area contributed by atoms with Gasteiger partial charge in [0.25, 0.3) is 0 Å². The normalized spacial score (nSPS) is 17.5. The Morgan fingerprint density at radius 1 is 1.23 bits per heavy atom. The van der Waals surface area contributed by atoms with Gasteiger partial charge in [-0.1, -0.05) is 13.8 Å². The molecular formula is C15H19F3N4. The Balaban J connectivity index is 2.12. The molecule has 0 bridgehead atoms. The smallest absolute Gasteiger partial charge is 0.317 e. The molecule has 0 atom stereocenters. The van der Waals surface area contributed by atoms with E-state index >= 15 is 0 Å². The van der Waals surface area contributed by atoms with Crippen LogP contribution in [0.5, 0.6) is 0 Å². The summed E-state index contributed by atoms with van der Waals surface area (Å²) in [6, 6.07) is 2.81. The lowest BCUT2D eigenvalue weighted by molar-refractivity contribution is -0.142. The number of hydrogen-bond acceptors (Lipinski definition) is 3. The van der Waals surface area contributed by atoms with Crippen LogP contribution in [0, 0.1) is 0 Å². The molecule has 22 heavy (non-hydrogen) atoms. The van der Waals surface area contributed by atoms with Gasteiger partial charge in [-0.05, 0) is 37.9 Å². The summed E-state index contributed by atoms with van der Waals surface area (Å²) in [5, 5.41) is 7.46. The molecule has 1 fully saturated rings. The van der Waals surface area contributed by atoms with Gasteiger partial charge in [0.2, 0.25) is 0 Å². The zero-order valence-electron chi connectivity index (χ0n) is 12.6. The van der Waals surface area contributed by atoms with Gasteiger partial charge < -0.3 is 5.32 Å². The first-order chi connectivity index (χ1) is 10.4. The third kappa shape index (κ3) is 2.82. The summed E-state index contributed by atoms with van der Waals surface area (Å²) in [5.74, 6) is 0.134. The minimum absolute atomic E-state index is 0.0664. The van der Waals surface area contributed by atoms with Crippen LogP contribution in [0.4, 0.5) is 13.2 Å². The number of alkyl halides is 3. The Kier molecular flexibility index (Phi) is 3.84. The summed E-state index contributed by atoms with van der Waals surface area (Å²) >= 11 is 0. The van der Waals surface area contributed by atoms with E-state index in [2.05, 4.69) is 15.4 Å². The fourth-order valence-corrected chi connectivity index (χ4v) is 2.83.